The minimum Gasteiger partial charge on any atom is -0.352 e. The fourth-order valence-electron chi connectivity index (χ4n) is 2.67. The molecule has 2 N–H and O–H groups in total. The largest absolute Gasteiger partial charge is 0.352 e. The highest BCUT2D eigenvalue weighted by molar-refractivity contribution is 7.89. The van der Waals surface area contributed by atoms with Gasteiger partial charge in [0.1, 0.15) is 0 Å². The van der Waals surface area contributed by atoms with Crippen LogP contribution in [0.4, 0.5) is 0 Å². The van der Waals surface area contributed by atoms with Gasteiger partial charge in [0.2, 0.25) is 10.0 Å². The second-order valence-corrected chi connectivity index (χ2v) is 9.24. The molecule has 27 heavy (non-hydrogen) atoms. The highest BCUT2D eigenvalue weighted by Gasteiger charge is 2.28. The van der Waals surface area contributed by atoms with Crippen molar-refractivity contribution in [2.75, 3.05) is 6.54 Å². The van der Waals surface area contributed by atoms with Crippen LogP contribution >= 0.6 is 23.2 Å². The molecule has 2 aromatic carbocycles. The van der Waals surface area contributed by atoms with Gasteiger partial charge in [0.25, 0.3) is 5.91 Å². The summed E-state index contributed by atoms with van der Waals surface area (Å²) >= 11 is 11.9. The maximum Gasteiger partial charge on any atom is 0.251 e. The van der Waals surface area contributed by atoms with Gasteiger partial charge in [-0.05, 0) is 67.6 Å². The quantitative estimate of drug-likeness (QED) is 0.708. The lowest BCUT2D eigenvalue weighted by Gasteiger charge is -2.11. The molecule has 2 aromatic rings. The van der Waals surface area contributed by atoms with E-state index in [1.54, 1.807) is 31.2 Å². The number of aryl methyl sites for hydroxylation is 1. The molecule has 0 unspecified atom stereocenters. The van der Waals surface area contributed by atoms with Gasteiger partial charge in [-0.3, -0.25) is 4.79 Å². The zero-order valence-corrected chi connectivity index (χ0v) is 17.1. The Balaban J connectivity index is 1.67. The van der Waals surface area contributed by atoms with Crippen LogP contribution in [-0.4, -0.2) is 26.9 Å². The molecule has 0 atom stereocenters. The molecule has 0 spiro atoms. The molecule has 0 aliphatic heterocycles. The molecule has 144 valence electrons. The fourth-order valence-corrected chi connectivity index (χ4v) is 4.57. The van der Waals surface area contributed by atoms with Crippen molar-refractivity contribution in [2.24, 2.45) is 0 Å². The molecule has 0 saturated heterocycles. The highest BCUT2D eigenvalue weighted by Crippen LogP contribution is 2.23. The Labute approximate surface area is 169 Å². The minimum atomic E-state index is -3.60. The Morgan fingerprint density at radius 2 is 1.78 bits per heavy atom. The first-order valence-corrected chi connectivity index (χ1v) is 10.8. The number of amides is 1. The topological polar surface area (TPSA) is 75.3 Å². The number of hydrogen-bond acceptors (Lipinski definition) is 3. The van der Waals surface area contributed by atoms with Crippen molar-refractivity contribution in [2.45, 2.75) is 37.1 Å². The predicted molar refractivity (Wildman–Crippen MR) is 107 cm³/mol. The van der Waals surface area contributed by atoms with Crippen LogP contribution in [-0.2, 0) is 16.4 Å². The maximum absolute atomic E-state index is 12.5. The van der Waals surface area contributed by atoms with E-state index in [4.69, 9.17) is 23.2 Å². The van der Waals surface area contributed by atoms with E-state index in [0.717, 1.165) is 18.4 Å². The summed E-state index contributed by atoms with van der Waals surface area (Å²) in [5.41, 5.74) is 1.97. The number of halogens is 2. The van der Waals surface area contributed by atoms with E-state index >= 15 is 0 Å². The first kappa shape index (κ1) is 20.1. The van der Waals surface area contributed by atoms with Gasteiger partial charge in [0.15, 0.2) is 0 Å². The highest BCUT2D eigenvalue weighted by atomic mass is 35.5. The summed E-state index contributed by atoms with van der Waals surface area (Å²) in [5.74, 6) is -0.316. The van der Waals surface area contributed by atoms with Crippen LogP contribution in [0.15, 0.2) is 41.3 Å². The van der Waals surface area contributed by atoms with Gasteiger partial charge in [-0.15, -0.1) is 0 Å². The van der Waals surface area contributed by atoms with E-state index in [2.05, 4.69) is 10.0 Å². The SMILES string of the molecule is Cc1ccc(S(=O)(=O)NC2CC2)cc1C(=O)NCCc1cc(Cl)cc(Cl)c1. The van der Waals surface area contributed by atoms with E-state index in [1.807, 2.05) is 0 Å². The first-order valence-electron chi connectivity index (χ1n) is 8.61. The van der Waals surface area contributed by atoms with Crippen LogP contribution in [0, 0.1) is 6.92 Å². The number of carbonyl (C=O) groups is 1. The smallest absolute Gasteiger partial charge is 0.251 e. The summed E-state index contributed by atoms with van der Waals surface area (Å²) in [6, 6.07) is 9.83. The van der Waals surface area contributed by atoms with Gasteiger partial charge < -0.3 is 5.32 Å². The van der Waals surface area contributed by atoms with Gasteiger partial charge in [-0.1, -0.05) is 29.3 Å². The maximum atomic E-state index is 12.5. The fraction of sp³-hybridized carbons (Fsp3) is 0.316. The number of carbonyl (C=O) groups excluding carboxylic acids is 1. The van der Waals surface area contributed by atoms with Crippen molar-refractivity contribution in [3.8, 4) is 0 Å². The lowest BCUT2D eigenvalue weighted by Crippen LogP contribution is -2.28. The lowest BCUT2D eigenvalue weighted by atomic mass is 10.1. The van der Waals surface area contributed by atoms with E-state index in [0.29, 0.717) is 34.1 Å². The molecule has 1 aliphatic carbocycles. The summed E-state index contributed by atoms with van der Waals surface area (Å²) in [6.07, 6.45) is 2.27. The van der Waals surface area contributed by atoms with Crippen LogP contribution in [0.1, 0.15) is 34.3 Å². The third kappa shape index (κ3) is 5.45. The molecule has 1 aliphatic rings. The van der Waals surface area contributed by atoms with E-state index in [-0.39, 0.29) is 16.8 Å². The van der Waals surface area contributed by atoms with Gasteiger partial charge >= 0.3 is 0 Å². The number of rotatable bonds is 7. The Bertz CT molecular complexity index is 953. The molecule has 0 heterocycles. The third-order valence-corrected chi connectivity index (χ3v) is 6.24. The molecule has 1 fully saturated rings. The molecule has 0 aromatic heterocycles. The van der Waals surface area contributed by atoms with Crippen molar-refractivity contribution in [3.63, 3.8) is 0 Å². The summed E-state index contributed by atoms with van der Waals surface area (Å²) in [4.78, 5) is 12.6. The standard InChI is InChI=1S/C19H20Cl2N2O3S/c1-12-2-5-17(27(25,26)23-16-3-4-16)11-18(12)19(24)22-7-6-13-8-14(20)10-15(21)9-13/h2,5,8-11,16,23H,3-4,6-7H2,1H3,(H,22,24). The molecule has 0 radical (unpaired) electrons. The molecule has 5 nitrogen and oxygen atoms in total. The average Bonchev–Trinajstić information content (AvgIpc) is 3.37. The Hall–Kier alpha value is -1.60. The zero-order chi connectivity index (χ0) is 19.6. The van der Waals surface area contributed by atoms with Gasteiger partial charge in [-0.25, -0.2) is 13.1 Å². The second kappa shape index (κ2) is 8.19. The minimum absolute atomic E-state index is 0.0121. The van der Waals surface area contributed by atoms with E-state index < -0.39 is 10.0 Å². The first-order chi connectivity index (χ1) is 12.7. The van der Waals surface area contributed by atoms with Gasteiger partial charge in [-0.2, -0.15) is 0 Å². The Morgan fingerprint density at radius 1 is 1.11 bits per heavy atom. The average molecular weight is 427 g/mol. The molecule has 3 rings (SSSR count). The monoisotopic (exact) mass is 426 g/mol. The Morgan fingerprint density at radius 3 is 2.41 bits per heavy atom. The van der Waals surface area contributed by atoms with Gasteiger partial charge in [0.05, 0.1) is 4.90 Å². The summed E-state index contributed by atoms with van der Waals surface area (Å²) in [5, 5.41) is 3.90. The molecular formula is C19H20Cl2N2O3S. The second-order valence-electron chi connectivity index (χ2n) is 6.66. The van der Waals surface area contributed by atoms with Crippen molar-refractivity contribution < 1.29 is 13.2 Å². The number of nitrogens with one attached hydrogen (secondary N) is 2. The van der Waals surface area contributed by atoms with E-state index in [1.165, 1.54) is 12.1 Å². The van der Waals surface area contributed by atoms with Crippen LogP contribution < -0.4 is 10.0 Å². The van der Waals surface area contributed by atoms with Crippen molar-refractivity contribution >= 4 is 39.1 Å². The predicted octanol–water partition coefficient (Wildman–Crippen LogP) is 3.72. The summed E-state index contributed by atoms with van der Waals surface area (Å²) < 4.78 is 27.4. The molecule has 1 amide bonds. The summed E-state index contributed by atoms with van der Waals surface area (Å²) in [6.45, 7) is 2.16. The Kier molecular flexibility index (Phi) is 6.11. The van der Waals surface area contributed by atoms with Crippen LogP contribution in [0.25, 0.3) is 0 Å². The van der Waals surface area contributed by atoms with Crippen LogP contribution in [0.2, 0.25) is 10.0 Å². The van der Waals surface area contributed by atoms with Crippen molar-refractivity contribution in [3.05, 3.63) is 63.1 Å². The van der Waals surface area contributed by atoms with Gasteiger partial charge in [0, 0.05) is 28.2 Å². The van der Waals surface area contributed by atoms with Crippen LogP contribution in [0.3, 0.4) is 0 Å². The third-order valence-electron chi connectivity index (χ3n) is 4.28. The van der Waals surface area contributed by atoms with Crippen molar-refractivity contribution in [1.29, 1.82) is 0 Å². The molecule has 0 bridgehead atoms. The molecular weight excluding hydrogens is 407 g/mol. The number of sulfonamides is 1. The normalized spacial score (nSPS) is 14.2. The number of benzene rings is 2. The summed E-state index contributed by atoms with van der Waals surface area (Å²) in [7, 11) is -3.60. The molecule has 1 saturated carbocycles. The van der Waals surface area contributed by atoms with Crippen molar-refractivity contribution in [1.82, 2.24) is 10.0 Å². The molecule has 8 heteroatoms. The number of hydrogen-bond donors (Lipinski definition) is 2. The van der Waals surface area contributed by atoms with E-state index in [9.17, 15) is 13.2 Å². The van der Waals surface area contributed by atoms with Crippen LogP contribution in [0.5, 0.6) is 0 Å². The lowest BCUT2D eigenvalue weighted by molar-refractivity contribution is 0.0953. The zero-order valence-electron chi connectivity index (χ0n) is 14.8.